The molecule has 0 aromatic rings. The maximum atomic E-state index is 4.17. The second-order valence-electron chi connectivity index (χ2n) is 13.7. The average molecular weight is 562 g/mol. The van der Waals surface area contributed by atoms with Gasteiger partial charge in [0, 0.05) is 0 Å². The Labute approximate surface area is 257 Å². The molecule has 0 aliphatic rings. The fourth-order valence-electron chi connectivity index (χ4n) is 6.68. The number of hydrogen-bond donors (Lipinski definition) is 0. The second kappa shape index (κ2) is 37.0. The summed E-state index contributed by atoms with van der Waals surface area (Å²) >= 11 is 0. The Morgan fingerprint density at radius 3 is 0.675 bits per heavy atom. The summed E-state index contributed by atoms with van der Waals surface area (Å²) in [5.74, 6) is 0.968. The minimum atomic E-state index is 0.968. The van der Waals surface area contributed by atoms with Gasteiger partial charge in [-0.1, -0.05) is 252 Å². The predicted octanol–water partition coefficient (Wildman–Crippen LogP) is 15.5. The molecule has 0 aliphatic heterocycles. The lowest BCUT2D eigenvalue weighted by atomic mass is 9.90. The summed E-state index contributed by atoms with van der Waals surface area (Å²) in [6.45, 7) is 8.79. The van der Waals surface area contributed by atoms with Crippen molar-refractivity contribution >= 4 is 0 Å². The highest BCUT2D eigenvalue weighted by Gasteiger charge is 2.07. The van der Waals surface area contributed by atoms with E-state index in [1.54, 1.807) is 0 Å². The average Bonchev–Trinajstić information content (AvgIpc) is 2.96. The highest BCUT2D eigenvalue weighted by atomic mass is 14.1. The normalized spacial score (nSPS) is 12.4. The van der Waals surface area contributed by atoms with Crippen LogP contribution in [0.2, 0.25) is 0 Å². The molecular formula is C40H81. The van der Waals surface area contributed by atoms with Gasteiger partial charge in [-0.15, -0.1) is 0 Å². The SMILES string of the molecule is [CH2]CCC(CCCCCCCCCCCCCCCC)CCCCCCCCCCCCCCCCCCCC. The molecule has 0 aliphatic carbocycles. The highest BCUT2D eigenvalue weighted by molar-refractivity contribution is 4.62. The third kappa shape index (κ3) is 34.2. The van der Waals surface area contributed by atoms with Crippen LogP contribution in [-0.2, 0) is 0 Å². The molecule has 1 unspecified atom stereocenters. The molecule has 0 amide bonds. The van der Waals surface area contributed by atoms with Crippen LogP contribution in [-0.4, -0.2) is 0 Å². The minimum absolute atomic E-state index is 0.968. The van der Waals surface area contributed by atoms with Gasteiger partial charge in [0.2, 0.25) is 0 Å². The summed E-state index contributed by atoms with van der Waals surface area (Å²) in [5.41, 5.74) is 0. The van der Waals surface area contributed by atoms with Crippen molar-refractivity contribution in [1.82, 2.24) is 0 Å². The van der Waals surface area contributed by atoms with E-state index in [9.17, 15) is 0 Å². The lowest BCUT2D eigenvalue weighted by Crippen LogP contribution is -2.00. The van der Waals surface area contributed by atoms with Crippen molar-refractivity contribution in [2.75, 3.05) is 0 Å². The summed E-state index contributed by atoms with van der Waals surface area (Å²) in [6, 6.07) is 0. The van der Waals surface area contributed by atoms with Crippen LogP contribution in [0.15, 0.2) is 0 Å². The van der Waals surface area contributed by atoms with Gasteiger partial charge < -0.3 is 0 Å². The Bertz CT molecular complexity index is 412. The van der Waals surface area contributed by atoms with Crippen molar-refractivity contribution in [3.05, 3.63) is 6.92 Å². The molecule has 0 rings (SSSR count). The zero-order chi connectivity index (χ0) is 29.0. The van der Waals surface area contributed by atoms with Gasteiger partial charge in [0.05, 0.1) is 0 Å². The first kappa shape index (κ1) is 40.0. The molecule has 0 aromatic carbocycles. The fraction of sp³-hybridized carbons (Fsp3) is 0.975. The lowest BCUT2D eigenvalue weighted by Gasteiger charge is -2.16. The maximum absolute atomic E-state index is 4.17. The third-order valence-electron chi connectivity index (χ3n) is 9.54. The minimum Gasteiger partial charge on any atom is -0.0654 e. The molecule has 0 spiro atoms. The monoisotopic (exact) mass is 562 g/mol. The van der Waals surface area contributed by atoms with Gasteiger partial charge >= 0.3 is 0 Å². The van der Waals surface area contributed by atoms with E-state index in [0.29, 0.717) is 0 Å². The number of hydrogen-bond acceptors (Lipinski definition) is 0. The van der Waals surface area contributed by atoms with E-state index in [0.717, 1.165) is 12.3 Å². The fourth-order valence-corrected chi connectivity index (χ4v) is 6.68. The van der Waals surface area contributed by atoms with E-state index in [2.05, 4.69) is 20.8 Å². The first-order valence-electron chi connectivity index (χ1n) is 19.6. The van der Waals surface area contributed by atoms with Crippen LogP contribution < -0.4 is 0 Å². The smallest absolute Gasteiger partial charge is 0.0414 e. The van der Waals surface area contributed by atoms with Crippen molar-refractivity contribution in [3.8, 4) is 0 Å². The largest absolute Gasteiger partial charge is 0.0654 e. The molecule has 0 aromatic heterocycles. The molecule has 241 valence electrons. The molecule has 1 radical (unpaired) electrons. The zero-order valence-electron chi connectivity index (χ0n) is 28.7. The van der Waals surface area contributed by atoms with Gasteiger partial charge in [0.25, 0.3) is 0 Å². The van der Waals surface area contributed by atoms with Crippen molar-refractivity contribution < 1.29 is 0 Å². The molecule has 1 atom stereocenters. The molecular weight excluding hydrogens is 480 g/mol. The summed E-state index contributed by atoms with van der Waals surface area (Å²) in [5, 5.41) is 0. The van der Waals surface area contributed by atoms with Crippen molar-refractivity contribution in [2.24, 2.45) is 5.92 Å². The van der Waals surface area contributed by atoms with E-state index >= 15 is 0 Å². The Morgan fingerprint density at radius 2 is 0.475 bits per heavy atom. The standard InChI is InChI=1S/C40H81/c1-4-7-9-11-13-15-17-19-21-22-23-24-26-28-30-32-34-36-39-40(37-6-3)38-35-33-31-29-27-25-20-18-16-14-12-10-8-5-2/h40H,3-39H2,1-2H3. The summed E-state index contributed by atoms with van der Waals surface area (Å²) < 4.78 is 0. The summed E-state index contributed by atoms with van der Waals surface area (Å²) in [7, 11) is 0. The molecule has 40 heavy (non-hydrogen) atoms. The van der Waals surface area contributed by atoms with E-state index in [1.807, 2.05) is 0 Å². The molecule has 0 bridgehead atoms. The van der Waals surface area contributed by atoms with E-state index in [-0.39, 0.29) is 0 Å². The number of rotatable bonds is 36. The third-order valence-corrected chi connectivity index (χ3v) is 9.54. The van der Waals surface area contributed by atoms with Gasteiger partial charge in [-0.2, -0.15) is 0 Å². The highest BCUT2D eigenvalue weighted by Crippen LogP contribution is 2.23. The molecule has 0 fully saturated rings. The van der Waals surface area contributed by atoms with Crippen molar-refractivity contribution in [1.29, 1.82) is 0 Å². The van der Waals surface area contributed by atoms with Crippen LogP contribution in [0.5, 0.6) is 0 Å². The van der Waals surface area contributed by atoms with Gasteiger partial charge in [0.15, 0.2) is 0 Å². The van der Waals surface area contributed by atoms with Crippen LogP contribution in [0, 0.1) is 12.8 Å². The molecule has 0 heteroatoms. The zero-order valence-corrected chi connectivity index (χ0v) is 28.7. The Hall–Kier alpha value is 0. The van der Waals surface area contributed by atoms with Crippen LogP contribution in [0.25, 0.3) is 0 Å². The van der Waals surface area contributed by atoms with E-state index < -0.39 is 0 Å². The lowest BCUT2D eigenvalue weighted by molar-refractivity contribution is 0.381. The second-order valence-corrected chi connectivity index (χ2v) is 13.7. The first-order valence-corrected chi connectivity index (χ1v) is 19.6. The van der Waals surface area contributed by atoms with Gasteiger partial charge in [0.1, 0.15) is 0 Å². The summed E-state index contributed by atoms with van der Waals surface area (Å²) in [4.78, 5) is 0. The number of unbranched alkanes of at least 4 members (excludes halogenated alkanes) is 30. The van der Waals surface area contributed by atoms with Crippen LogP contribution >= 0.6 is 0 Å². The molecule has 0 N–H and O–H groups in total. The summed E-state index contributed by atoms with van der Waals surface area (Å²) in [6.07, 6.45) is 52.6. The van der Waals surface area contributed by atoms with Gasteiger partial charge in [-0.3, -0.25) is 0 Å². The molecule has 0 nitrogen and oxygen atoms in total. The van der Waals surface area contributed by atoms with Crippen molar-refractivity contribution in [3.63, 3.8) is 0 Å². The van der Waals surface area contributed by atoms with E-state index in [4.69, 9.17) is 0 Å². The van der Waals surface area contributed by atoms with Crippen LogP contribution in [0.4, 0.5) is 0 Å². The van der Waals surface area contributed by atoms with Crippen LogP contribution in [0.1, 0.15) is 245 Å². The van der Waals surface area contributed by atoms with Gasteiger partial charge in [-0.25, -0.2) is 0 Å². The Morgan fingerprint density at radius 1 is 0.275 bits per heavy atom. The first-order chi connectivity index (χ1) is 19.8. The maximum Gasteiger partial charge on any atom is -0.0414 e. The predicted molar refractivity (Wildman–Crippen MR) is 186 cm³/mol. The molecule has 0 heterocycles. The van der Waals surface area contributed by atoms with Crippen LogP contribution in [0.3, 0.4) is 0 Å². The topological polar surface area (TPSA) is 0 Å². The van der Waals surface area contributed by atoms with E-state index in [1.165, 1.54) is 225 Å². The van der Waals surface area contributed by atoms with Gasteiger partial charge in [-0.05, 0) is 5.92 Å². The van der Waals surface area contributed by atoms with Crippen molar-refractivity contribution in [2.45, 2.75) is 245 Å². The Kier molecular flexibility index (Phi) is 37.0. The Balaban J connectivity index is 3.34. The molecule has 0 saturated carbocycles. The quantitative estimate of drug-likeness (QED) is 0.0667. The molecule has 0 saturated heterocycles.